The van der Waals surface area contributed by atoms with Crippen LogP contribution in [0.5, 0.6) is 0 Å². The molecule has 0 radical (unpaired) electrons. The quantitative estimate of drug-likeness (QED) is 0.302. The Morgan fingerprint density at radius 1 is 1.44 bits per heavy atom. The minimum Gasteiger partial charge on any atom is -0.443 e. The van der Waals surface area contributed by atoms with E-state index in [9.17, 15) is 9.18 Å². The lowest BCUT2D eigenvalue weighted by atomic mass is 10.1. The first-order valence-corrected chi connectivity index (χ1v) is 8.16. The maximum atomic E-state index is 14.6. The molecule has 1 amide bonds. The Bertz CT molecular complexity index is 870. The summed E-state index contributed by atoms with van der Waals surface area (Å²) in [4.78, 5) is 17.4. The van der Waals surface area contributed by atoms with E-state index in [0.717, 1.165) is 5.12 Å². The number of carbonyl (C=O) groups is 1. The molecule has 10 heteroatoms. The van der Waals surface area contributed by atoms with Gasteiger partial charge in [0.2, 0.25) is 0 Å². The van der Waals surface area contributed by atoms with Gasteiger partial charge in [-0.25, -0.2) is 20.1 Å². The predicted molar refractivity (Wildman–Crippen MR) is 99.0 cm³/mol. The van der Waals surface area contributed by atoms with Crippen LogP contribution in [0.25, 0.3) is 11.1 Å². The van der Waals surface area contributed by atoms with Gasteiger partial charge in [0.25, 0.3) is 0 Å². The maximum absolute atomic E-state index is 14.6. The van der Waals surface area contributed by atoms with Crippen molar-refractivity contribution in [3.63, 3.8) is 0 Å². The number of hydrazine groups is 1. The van der Waals surface area contributed by atoms with Crippen molar-refractivity contribution in [2.24, 2.45) is 22.4 Å². The normalized spacial score (nSPS) is 17.2. The zero-order chi connectivity index (χ0) is 19.6. The number of halogens is 1. The number of benzene rings is 1. The number of pyridine rings is 1. The highest BCUT2D eigenvalue weighted by atomic mass is 19.1. The Balaban J connectivity index is 1.83. The number of hydrogen-bond donors (Lipinski definition) is 3. The fraction of sp³-hybridized carbons (Fsp3) is 0.235. The lowest BCUT2D eigenvalue weighted by molar-refractivity contribution is 0.145. The average molecular weight is 373 g/mol. The van der Waals surface area contributed by atoms with E-state index < -0.39 is 18.0 Å². The van der Waals surface area contributed by atoms with Gasteiger partial charge < -0.3 is 16.2 Å². The van der Waals surface area contributed by atoms with Gasteiger partial charge in [-0.15, -0.1) is 5.10 Å². The van der Waals surface area contributed by atoms with Gasteiger partial charge in [0, 0.05) is 30.9 Å². The number of hydrogen-bond acceptors (Lipinski definition) is 7. The highest BCUT2D eigenvalue weighted by Crippen LogP contribution is 2.28. The highest BCUT2D eigenvalue weighted by Gasteiger charge is 2.31. The molecule has 1 atom stereocenters. The first kappa shape index (κ1) is 18.5. The summed E-state index contributed by atoms with van der Waals surface area (Å²) in [5, 5.41) is 4.93. The molecule has 1 aliphatic heterocycles. The number of nitrogens with zero attached hydrogens (tertiary/aromatic N) is 4. The minimum atomic E-state index is -0.539. The van der Waals surface area contributed by atoms with Gasteiger partial charge in [0.15, 0.2) is 5.84 Å². The number of anilines is 1. The van der Waals surface area contributed by atoms with Gasteiger partial charge in [0.1, 0.15) is 17.6 Å². The van der Waals surface area contributed by atoms with E-state index >= 15 is 0 Å². The van der Waals surface area contributed by atoms with Crippen LogP contribution in [0.15, 0.2) is 41.6 Å². The molecular formula is C17H20FN7O2. The number of hydrazone groups is 1. The number of amides is 1. The summed E-state index contributed by atoms with van der Waals surface area (Å²) in [5.74, 6) is 5.06. The summed E-state index contributed by atoms with van der Waals surface area (Å²) in [5.41, 5.74) is 13.0. The summed E-state index contributed by atoms with van der Waals surface area (Å²) in [6.45, 7) is 0.506. The van der Waals surface area contributed by atoms with Crippen molar-refractivity contribution in [1.82, 2.24) is 10.1 Å². The van der Waals surface area contributed by atoms with E-state index in [1.165, 1.54) is 24.2 Å². The Labute approximate surface area is 155 Å². The van der Waals surface area contributed by atoms with Crippen molar-refractivity contribution in [3.05, 3.63) is 48.0 Å². The van der Waals surface area contributed by atoms with Crippen molar-refractivity contribution in [3.8, 4) is 11.1 Å². The molecule has 142 valence electrons. The van der Waals surface area contributed by atoms with Crippen molar-refractivity contribution in [2.45, 2.75) is 6.10 Å². The van der Waals surface area contributed by atoms with Gasteiger partial charge in [0.05, 0.1) is 12.2 Å². The first-order valence-electron chi connectivity index (χ1n) is 8.16. The monoisotopic (exact) mass is 373 g/mol. The van der Waals surface area contributed by atoms with Crippen molar-refractivity contribution < 1.29 is 13.9 Å². The molecule has 9 nitrogen and oxygen atoms in total. The second-order valence-corrected chi connectivity index (χ2v) is 6.01. The summed E-state index contributed by atoms with van der Waals surface area (Å²) in [7, 11) is 1.53. The SMILES string of the molecule is CN(N)/N=C(\N)c1ccc(-c2ccc(N3CC(CN)OC3=O)cc2F)cn1. The molecule has 1 aliphatic rings. The second-order valence-electron chi connectivity index (χ2n) is 6.01. The smallest absolute Gasteiger partial charge is 0.414 e. The van der Waals surface area contributed by atoms with E-state index in [1.54, 1.807) is 24.3 Å². The molecule has 1 aromatic heterocycles. The molecule has 27 heavy (non-hydrogen) atoms. The molecule has 6 N–H and O–H groups in total. The predicted octanol–water partition coefficient (Wildman–Crippen LogP) is 0.597. The van der Waals surface area contributed by atoms with Crippen LogP contribution in [0.4, 0.5) is 14.9 Å². The van der Waals surface area contributed by atoms with Crippen molar-refractivity contribution in [1.29, 1.82) is 0 Å². The molecule has 1 saturated heterocycles. The molecule has 1 aromatic carbocycles. The van der Waals surface area contributed by atoms with Crippen LogP contribution in [-0.2, 0) is 4.74 Å². The largest absolute Gasteiger partial charge is 0.443 e. The lowest BCUT2D eigenvalue weighted by Crippen LogP contribution is -2.27. The molecule has 0 spiro atoms. The fourth-order valence-electron chi connectivity index (χ4n) is 2.69. The molecule has 3 rings (SSSR count). The van der Waals surface area contributed by atoms with E-state index in [-0.39, 0.29) is 12.4 Å². The number of rotatable bonds is 5. The standard InChI is InChI=1S/C17H20FN7O2/c1-24(21)23-16(20)15-5-2-10(8-22-15)13-4-3-11(6-14(13)18)25-9-12(7-19)27-17(25)26/h2-6,8,12H,7,9,19,21H2,1H3,(H2,20,23). The van der Waals surface area contributed by atoms with Gasteiger partial charge in [-0.05, 0) is 24.3 Å². The highest BCUT2D eigenvalue weighted by molar-refractivity contribution is 5.95. The summed E-state index contributed by atoms with van der Waals surface area (Å²) >= 11 is 0. The zero-order valence-electron chi connectivity index (χ0n) is 14.7. The third-order valence-corrected chi connectivity index (χ3v) is 4.00. The molecule has 2 aromatic rings. The molecule has 1 fully saturated rings. The summed E-state index contributed by atoms with van der Waals surface area (Å²) < 4.78 is 19.7. The lowest BCUT2D eigenvalue weighted by Gasteiger charge is -2.14. The minimum absolute atomic E-state index is 0.143. The van der Waals surface area contributed by atoms with Gasteiger partial charge >= 0.3 is 6.09 Å². The summed E-state index contributed by atoms with van der Waals surface area (Å²) in [6.07, 6.45) is 0.556. The van der Waals surface area contributed by atoms with Crippen molar-refractivity contribution in [2.75, 3.05) is 25.0 Å². The zero-order valence-corrected chi connectivity index (χ0v) is 14.7. The molecule has 0 aliphatic carbocycles. The van der Waals surface area contributed by atoms with Crippen LogP contribution in [-0.4, -0.2) is 48.3 Å². The summed E-state index contributed by atoms with van der Waals surface area (Å²) in [6, 6.07) is 7.80. The topological polar surface area (TPSA) is 136 Å². The number of aromatic nitrogens is 1. The van der Waals surface area contributed by atoms with Crippen LogP contribution < -0.4 is 22.2 Å². The van der Waals surface area contributed by atoms with Gasteiger partial charge in [-0.2, -0.15) is 0 Å². The Hall–Kier alpha value is -3.24. The third-order valence-electron chi connectivity index (χ3n) is 4.00. The third kappa shape index (κ3) is 3.96. The molecule has 2 heterocycles. The van der Waals surface area contributed by atoms with Gasteiger partial charge in [-0.1, -0.05) is 6.07 Å². The van der Waals surface area contributed by atoms with E-state index in [0.29, 0.717) is 29.1 Å². The number of amidine groups is 1. The second kappa shape index (κ2) is 7.56. The van der Waals surface area contributed by atoms with Crippen molar-refractivity contribution >= 4 is 17.6 Å². The number of cyclic esters (lactones) is 1. The maximum Gasteiger partial charge on any atom is 0.414 e. The molecule has 0 saturated carbocycles. The van der Waals surface area contributed by atoms with E-state index in [4.69, 9.17) is 22.0 Å². The molecule has 0 bridgehead atoms. The van der Waals surface area contributed by atoms with Crippen LogP contribution in [0.1, 0.15) is 5.69 Å². The van der Waals surface area contributed by atoms with Crippen LogP contribution in [0, 0.1) is 5.82 Å². The number of ether oxygens (including phenoxy) is 1. The van der Waals surface area contributed by atoms with Crippen LogP contribution in [0.2, 0.25) is 0 Å². The number of nitrogens with two attached hydrogens (primary N) is 3. The Morgan fingerprint density at radius 3 is 2.78 bits per heavy atom. The average Bonchev–Trinajstić information content (AvgIpc) is 3.02. The van der Waals surface area contributed by atoms with E-state index in [1.807, 2.05) is 0 Å². The van der Waals surface area contributed by atoms with Crippen LogP contribution in [0.3, 0.4) is 0 Å². The fourth-order valence-corrected chi connectivity index (χ4v) is 2.69. The van der Waals surface area contributed by atoms with Gasteiger partial charge in [-0.3, -0.25) is 9.88 Å². The first-order chi connectivity index (χ1) is 12.9. The molecule has 1 unspecified atom stereocenters. The van der Waals surface area contributed by atoms with Crippen LogP contribution >= 0.6 is 0 Å². The molecular weight excluding hydrogens is 353 g/mol. The van der Waals surface area contributed by atoms with E-state index in [2.05, 4.69) is 10.1 Å². The Morgan fingerprint density at radius 2 is 2.22 bits per heavy atom. The Kier molecular flexibility index (Phi) is 5.19. The number of carbonyl (C=O) groups excluding carboxylic acids is 1.